The summed E-state index contributed by atoms with van der Waals surface area (Å²) >= 11 is 0. The summed E-state index contributed by atoms with van der Waals surface area (Å²) in [6.07, 6.45) is 2.77. The van der Waals surface area contributed by atoms with Gasteiger partial charge in [0.25, 0.3) is 0 Å². The first-order chi connectivity index (χ1) is 8.58. The van der Waals surface area contributed by atoms with Gasteiger partial charge in [-0.25, -0.2) is 4.79 Å². The van der Waals surface area contributed by atoms with Crippen LogP contribution < -0.4 is 5.73 Å². The van der Waals surface area contributed by atoms with Crippen molar-refractivity contribution in [1.29, 1.82) is 0 Å². The summed E-state index contributed by atoms with van der Waals surface area (Å²) in [5.41, 5.74) is 4.80. The molecule has 0 saturated carbocycles. The summed E-state index contributed by atoms with van der Waals surface area (Å²) in [6, 6.07) is 0. The lowest BCUT2D eigenvalue weighted by Crippen LogP contribution is -2.24. The van der Waals surface area contributed by atoms with Crippen LogP contribution in [0.1, 0.15) is 39.0 Å². The molecule has 104 valence electrons. The van der Waals surface area contributed by atoms with Crippen LogP contribution in [0.4, 0.5) is 4.79 Å². The van der Waals surface area contributed by atoms with Gasteiger partial charge in [0.1, 0.15) is 0 Å². The zero-order valence-corrected chi connectivity index (χ0v) is 12.1. The van der Waals surface area contributed by atoms with Gasteiger partial charge in [0.15, 0.2) is 0 Å². The summed E-state index contributed by atoms with van der Waals surface area (Å²) in [4.78, 5) is 21.8. The minimum Gasteiger partial charge on any atom is -0.425 e. The van der Waals surface area contributed by atoms with Gasteiger partial charge < -0.3 is 15.2 Å². The highest BCUT2D eigenvalue weighted by Gasteiger charge is 2.16. The molecule has 0 aliphatic carbocycles. The fourth-order valence-corrected chi connectivity index (χ4v) is 4.67. The molecular weight excluding hydrogens is 274 g/mol. The van der Waals surface area contributed by atoms with Crippen molar-refractivity contribution < 1.29 is 19.1 Å². The summed E-state index contributed by atoms with van der Waals surface area (Å²) in [7, 11) is 3.87. The molecule has 0 radical (unpaired) electrons. The number of primary amides is 1. The number of hydrogen-bond donors (Lipinski definition) is 1. The molecule has 18 heavy (non-hydrogen) atoms. The number of esters is 1. The van der Waals surface area contributed by atoms with Crippen LogP contribution in [0.25, 0.3) is 0 Å². The highest BCUT2D eigenvalue weighted by Crippen LogP contribution is 2.39. The third-order valence-electron chi connectivity index (χ3n) is 2.46. The van der Waals surface area contributed by atoms with E-state index >= 15 is 0 Å². The fourth-order valence-electron chi connectivity index (χ4n) is 1.64. The average Bonchev–Trinajstić information content (AvgIpc) is 2.75. The van der Waals surface area contributed by atoms with Crippen molar-refractivity contribution in [2.45, 2.75) is 50.6 Å². The van der Waals surface area contributed by atoms with Crippen molar-refractivity contribution >= 4 is 33.7 Å². The molecule has 1 saturated heterocycles. The van der Waals surface area contributed by atoms with Crippen LogP contribution in [-0.2, 0) is 14.3 Å². The number of ether oxygens (including phenoxy) is 2. The zero-order valence-electron chi connectivity index (χ0n) is 10.4. The predicted molar refractivity (Wildman–Crippen MR) is 73.1 cm³/mol. The van der Waals surface area contributed by atoms with Crippen LogP contribution in [0.5, 0.6) is 0 Å². The van der Waals surface area contributed by atoms with Gasteiger partial charge in [0.2, 0.25) is 6.29 Å². The number of rotatable bonds is 7. The molecule has 1 amide bonds. The molecule has 1 fully saturated rings. The largest absolute Gasteiger partial charge is 0.425 e. The lowest BCUT2D eigenvalue weighted by atomic mass is 10.1. The van der Waals surface area contributed by atoms with Crippen molar-refractivity contribution in [3.05, 3.63) is 0 Å². The zero-order chi connectivity index (χ0) is 13.4. The van der Waals surface area contributed by atoms with E-state index in [9.17, 15) is 9.59 Å². The molecule has 1 heterocycles. The van der Waals surface area contributed by atoms with E-state index in [2.05, 4.69) is 4.74 Å². The van der Waals surface area contributed by atoms with Crippen molar-refractivity contribution in [3.8, 4) is 0 Å². The van der Waals surface area contributed by atoms with Crippen molar-refractivity contribution in [3.63, 3.8) is 0 Å². The van der Waals surface area contributed by atoms with Crippen LogP contribution in [0.2, 0.25) is 0 Å². The van der Waals surface area contributed by atoms with Gasteiger partial charge in [0, 0.05) is 24.3 Å². The minimum absolute atomic E-state index is 0.350. The molecule has 1 unspecified atom stereocenters. The Labute approximate surface area is 115 Å². The Balaban J connectivity index is 2.00. The first-order valence-electron chi connectivity index (χ1n) is 6.02. The smallest absolute Gasteiger partial charge is 0.407 e. The van der Waals surface area contributed by atoms with Crippen LogP contribution in [-0.4, -0.2) is 29.4 Å². The summed E-state index contributed by atoms with van der Waals surface area (Å²) in [5.74, 6) is 0.886. The van der Waals surface area contributed by atoms with E-state index in [0.29, 0.717) is 6.42 Å². The van der Waals surface area contributed by atoms with E-state index < -0.39 is 12.4 Å². The monoisotopic (exact) mass is 293 g/mol. The van der Waals surface area contributed by atoms with Gasteiger partial charge in [-0.1, -0.05) is 28.0 Å². The van der Waals surface area contributed by atoms with Gasteiger partial charge >= 0.3 is 12.1 Å². The maximum absolute atomic E-state index is 11.4. The Bertz CT molecular complexity index is 282. The Hall–Kier alpha value is -0.560. The third-order valence-corrected chi connectivity index (χ3v) is 5.47. The lowest BCUT2D eigenvalue weighted by Gasteiger charge is -2.12. The van der Waals surface area contributed by atoms with Gasteiger partial charge in [-0.05, 0) is 19.3 Å². The van der Waals surface area contributed by atoms with Crippen molar-refractivity contribution in [2.24, 2.45) is 5.73 Å². The number of hydrogen-bond acceptors (Lipinski definition) is 6. The molecule has 1 rings (SSSR count). The maximum atomic E-state index is 11.4. The molecule has 0 aromatic heterocycles. The normalized spacial score (nSPS) is 20.4. The van der Waals surface area contributed by atoms with Crippen LogP contribution >= 0.6 is 21.6 Å². The number of unbranched alkanes of at least 4 members (excludes halogenated alkanes) is 1. The molecule has 0 spiro atoms. The Morgan fingerprint density at radius 1 is 1.39 bits per heavy atom. The van der Waals surface area contributed by atoms with Crippen LogP contribution in [0.3, 0.4) is 0 Å². The van der Waals surface area contributed by atoms with E-state index in [1.165, 1.54) is 19.1 Å². The van der Waals surface area contributed by atoms with Crippen molar-refractivity contribution in [2.75, 3.05) is 5.75 Å². The Morgan fingerprint density at radius 3 is 2.78 bits per heavy atom. The summed E-state index contributed by atoms with van der Waals surface area (Å²) in [5, 5.41) is 0.739. The predicted octanol–water partition coefficient (Wildman–Crippen LogP) is 2.69. The molecule has 0 aromatic carbocycles. The Kier molecular flexibility index (Phi) is 7.34. The van der Waals surface area contributed by atoms with E-state index in [1.54, 1.807) is 0 Å². The number of carbonyl (C=O) groups is 2. The lowest BCUT2D eigenvalue weighted by molar-refractivity contribution is -0.164. The second-order valence-corrected chi connectivity index (χ2v) is 6.86. The molecule has 5 nitrogen and oxygen atoms in total. The highest BCUT2D eigenvalue weighted by molar-refractivity contribution is 8.77. The average molecular weight is 293 g/mol. The topological polar surface area (TPSA) is 78.6 Å². The fraction of sp³-hybridized carbons (Fsp3) is 0.818. The maximum Gasteiger partial charge on any atom is 0.407 e. The van der Waals surface area contributed by atoms with Crippen LogP contribution in [0, 0.1) is 0 Å². The van der Waals surface area contributed by atoms with Crippen LogP contribution in [0.15, 0.2) is 0 Å². The summed E-state index contributed by atoms with van der Waals surface area (Å²) < 4.78 is 9.36. The second kappa shape index (κ2) is 8.53. The van der Waals surface area contributed by atoms with E-state index in [1.807, 2.05) is 21.6 Å². The van der Waals surface area contributed by atoms with Gasteiger partial charge in [-0.15, -0.1) is 0 Å². The molecule has 2 atom stereocenters. The first kappa shape index (κ1) is 15.5. The summed E-state index contributed by atoms with van der Waals surface area (Å²) in [6.45, 7) is 1.47. The molecule has 7 heteroatoms. The standard InChI is InChI=1S/C11H19NO4S2/c1-8(16-11(12)14)15-10(13)5-3-2-4-9-6-7-17-18-9/h8-9H,2-7H2,1H3,(H2,12,14)/t8?,9-/m1/s1. The third kappa shape index (κ3) is 7.00. The quantitative estimate of drug-likeness (QED) is 0.336. The first-order valence-corrected chi connectivity index (χ1v) is 8.40. The molecule has 1 aliphatic rings. The molecule has 0 aromatic rings. The van der Waals surface area contributed by atoms with Gasteiger partial charge in [-0.2, -0.15) is 0 Å². The highest BCUT2D eigenvalue weighted by atomic mass is 33.1. The number of nitrogens with two attached hydrogens (primary N) is 1. The van der Waals surface area contributed by atoms with E-state index in [-0.39, 0.29) is 5.97 Å². The second-order valence-electron chi connectivity index (χ2n) is 4.07. The molecule has 2 N–H and O–H groups in total. The molecular formula is C11H19NO4S2. The number of carbonyl (C=O) groups excluding carboxylic acids is 2. The minimum atomic E-state index is -0.939. The number of amides is 1. The SMILES string of the molecule is CC(OC(N)=O)OC(=O)CCCC[C@@H]1CCSS1. The van der Waals surface area contributed by atoms with E-state index in [0.717, 1.165) is 24.5 Å². The molecule has 0 bridgehead atoms. The van der Waals surface area contributed by atoms with E-state index in [4.69, 9.17) is 10.5 Å². The molecule has 1 aliphatic heterocycles. The van der Waals surface area contributed by atoms with Crippen molar-refractivity contribution in [1.82, 2.24) is 0 Å². The Morgan fingerprint density at radius 2 is 2.17 bits per heavy atom. The van der Waals surface area contributed by atoms with Gasteiger partial charge in [-0.3, -0.25) is 4.79 Å². The van der Waals surface area contributed by atoms with Gasteiger partial charge in [0.05, 0.1) is 0 Å².